The van der Waals surface area contributed by atoms with Crippen molar-refractivity contribution >= 4 is 5.91 Å². The van der Waals surface area contributed by atoms with Crippen molar-refractivity contribution in [1.29, 1.82) is 0 Å². The van der Waals surface area contributed by atoms with E-state index in [0.717, 1.165) is 44.9 Å². The molecule has 0 radical (unpaired) electrons. The second kappa shape index (κ2) is 5.67. The van der Waals surface area contributed by atoms with Crippen LogP contribution in [0.1, 0.15) is 45.4 Å². The molecule has 0 bridgehead atoms. The lowest BCUT2D eigenvalue weighted by molar-refractivity contribution is -0.130. The Labute approximate surface area is 98.1 Å². The number of carbonyl (C=O) groups excluding carboxylic acids is 1. The topological polar surface area (TPSA) is 29.5 Å². The van der Waals surface area contributed by atoms with Crippen LogP contribution < -0.4 is 0 Å². The molecule has 0 aromatic rings. The number of carbonyl (C=O) groups is 1. The predicted octanol–water partition coefficient (Wildman–Crippen LogP) is 2.20. The van der Waals surface area contributed by atoms with Crippen LogP contribution in [0.3, 0.4) is 0 Å². The molecule has 92 valence electrons. The lowest BCUT2D eigenvalue weighted by Gasteiger charge is -2.16. The molecule has 1 aliphatic heterocycles. The molecule has 1 amide bonds. The first-order valence-electron chi connectivity index (χ1n) is 6.69. The van der Waals surface area contributed by atoms with Crippen molar-refractivity contribution in [2.45, 2.75) is 51.6 Å². The van der Waals surface area contributed by atoms with E-state index in [2.05, 4.69) is 6.92 Å². The molecule has 2 rings (SSSR count). The highest BCUT2D eigenvalue weighted by Crippen LogP contribution is 2.30. The van der Waals surface area contributed by atoms with Crippen molar-refractivity contribution in [2.75, 3.05) is 19.7 Å². The van der Waals surface area contributed by atoms with Crippen LogP contribution in [0.2, 0.25) is 0 Å². The van der Waals surface area contributed by atoms with Gasteiger partial charge in [-0.3, -0.25) is 4.79 Å². The van der Waals surface area contributed by atoms with Gasteiger partial charge in [0.2, 0.25) is 5.91 Å². The van der Waals surface area contributed by atoms with E-state index in [1.807, 2.05) is 4.90 Å². The summed E-state index contributed by atoms with van der Waals surface area (Å²) in [7, 11) is 0. The monoisotopic (exact) mass is 225 g/mol. The van der Waals surface area contributed by atoms with E-state index in [0.29, 0.717) is 18.4 Å². The van der Waals surface area contributed by atoms with Crippen LogP contribution in [-0.2, 0) is 9.53 Å². The van der Waals surface area contributed by atoms with Crippen molar-refractivity contribution in [3.05, 3.63) is 0 Å². The zero-order valence-electron chi connectivity index (χ0n) is 10.3. The van der Waals surface area contributed by atoms with Gasteiger partial charge in [0.25, 0.3) is 0 Å². The summed E-state index contributed by atoms with van der Waals surface area (Å²) in [5.74, 6) is 1.14. The number of amides is 1. The lowest BCUT2D eigenvalue weighted by Crippen LogP contribution is -2.30. The average molecular weight is 225 g/mol. The maximum Gasteiger partial charge on any atom is 0.222 e. The van der Waals surface area contributed by atoms with Gasteiger partial charge in [0.05, 0.1) is 6.10 Å². The molecule has 2 fully saturated rings. The van der Waals surface area contributed by atoms with Crippen LogP contribution in [0.25, 0.3) is 0 Å². The van der Waals surface area contributed by atoms with Crippen molar-refractivity contribution in [3.8, 4) is 0 Å². The number of nitrogens with zero attached hydrogens (tertiary/aromatic N) is 1. The molecule has 0 N–H and O–H groups in total. The smallest absolute Gasteiger partial charge is 0.222 e. The Bertz CT molecular complexity index is 238. The highest BCUT2D eigenvalue weighted by Gasteiger charge is 2.28. The number of hydrogen-bond acceptors (Lipinski definition) is 2. The summed E-state index contributed by atoms with van der Waals surface area (Å²) in [6.45, 7) is 4.77. The van der Waals surface area contributed by atoms with Gasteiger partial charge in [-0.2, -0.15) is 0 Å². The van der Waals surface area contributed by atoms with E-state index < -0.39 is 0 Å². The molecule has 1 aliphatic carbocycles. The number of rotatable bonds is 6. The molecule has 0 aromatic carbocycles. The Balaban J connectivity index is 1.63. The minimum atomic E-state index is 0.311. The minimum Gasteiger partial charge on any atom is -0.376 e. The Morgan fingerprint density at radius 1 is 1.38 bits per heavy atom. The van der Waals surface area contributed by atoms with Gasteiger partial charge in [0, 0.05) is 26.1 Å². The van der Waals surface area contributed by atoms with E-state index in [-0.39, 0.29) is 0 Å². The van der Waals surface area contributed by atoms with Gasteiger partial charge < -0.3 is 9.64 Å². The van der Waals surface area contributed by atoms with E-state index in [1.165, 1.54) is 12.8 Å². The molecular formula is C13H23NO2. The summed E-state index contributed by atoms with van der Waals surface area (Å²) in [5.41, 5.74) is 0. The van der Waals surface area contributed by atoms with Crippen LogP contribution in [0, 0.1) is 5.92 Å². The third kappa shape index (κ3) is 3.48. The maximum atomic E-state index is 11.8. The molecular weight excluding hydrogens is 202 g/mol. The number of unbranched alkanes of at least 4 members (excludes halogenated alkanes) is 1. The Morgan fingerprint density at radius 3 is 2.88 bits per heavy atom. The molecule has 3 nitrogen and oxygen atoms in total. The SMILES string of the molecule is CCCCC(=O)N1CCC(OCC2CC2)C1. The van der Waals surface area contributed by atoms with Crippen LogP contribution in [0.5, 0.6) is 0 Å². The zero-order valence-corrected chi connectivity index (χ0v) is 10.3. The van der Waals surface area contributed by atoms with Crippen molar-refractivity contribution in [2.24, 2.45) is 5.92 Å². The van der Waals surface area contributed by atoms with E-state index in [4.69, 9.17) is 4.74 Å². The van der Waals surface area contributed by atoms with Crippen LogP contribution in [-0.4, -0.2) is 36.6 Å². The second-order valence-corrected chi connectivity index (χ2v) is 5.13. The predicted molar refractivity (Wildman–Crippen MR) is 63.2 cm³/mol. The Morgan fingerprint density at radius 2 is 2.19 bits per heavy atom. The summed E-state index contributed by atoms with van der Waals surface area (Å²) in [4.78, 5) is 13.8. The largest absolute Gasteiger partial charge is 0.376 e. The van der Waals surface area contributed by atoms with Gasteiger partial charge in [0.15, 0.2) is 0 Å². The minimum absolute atomic E-state index is 0.311. The number of ether oxygens (including phenoxy) is 1. The fourth-order valence-electron chi connectivity index (χ4n) is 2.13. The maximum absolute atomic E-state index is 11.8. The summed E-state index contributed by atoms with van der Waals surface area (Å²) >= 11 is 0. The van der Waals surface area contributed by atoms with Gasteiger partial charge >= 0.3 is 0 Å². The highest BCUT2D eigenvalue weighted by atomic mass is 16.5. The second-order valence-electron chi connectivity index (χ2n) is 5.13. The molecule has 1 saturated heterocycles. The number of likely N-dealkylation sites (tertiary alicyclic amines) is 1. The van der Waals surface area contributed by atoms with Gasteiger partial charge in [-0.25, -0.2) is 0 Å². The summed E-state index contributed by atoms with van der Waals surface area (Å²) < 4.78 is 5.82. The summed E-state index contributed by atoms with van der Waals surface area (Å²) in [6, 6.07) is 0. The van der Waals surface area contributed by atoms with Gasteiger partial charge in [-0.05, 0) is 31.6 Å². The van der Waals surface area contributed by atoms with Crippen molar-refractivity contribution in [3.63, 3.8) is 0 Å². The fraction of sp³-hybridized carbons (Fsp3) is 0.923. The molecule has 0 aromatic heterocycles. The Hall–Kier alpha value is -0.570. The first-order chi connectivity index (χ1) is 7.79. The molecule has 2 aliphatic rings. The van der Waals surface area contributed by atoms with Gasteiger partial charge in [-0.1, -0.05) is 13.3 Å². The quantitative estimate of drug-likeness (QED) is 0.693. The first-order valence-corrected chi connectivity index (χ1v) is 6.69. The van der Waals surface area contributed by atoms with Crippen LogP contribution in [0.15, 0.2) is 0 Å². The van der Waals surface area contributed by atoms with Crippen molar-refractivity contribution in [1.82, 2.24) is 4.90 Å². The first kappa shape index (κ1) is 11.9. The lowest BCUT2D eigenvalue weighted by atomic mass is 10.2. The molecule has 0 spiro atoms. The van der Waals surface area contributed by atoms with E-state index >= 15 is 0 Å². The van der Waals surface area contributed by atoms with Gasteiger partial charge in [-0.15, -0.1) is 0 Å². The molecule has 1 unspecified atom stereocenters. The number of hydrogen-bond donors (Lipinski definition) is 0. The zero-order chi connectivity index (χ0) is 11.4. The van der Waals surface area contributed by atoms with Gasteiger partial charge in [0.1, 0.15) is 0 Å². The van der Waals surface area contributed by atoms with Crippen LogP contribution in [0.4, 0.5) is 0 Å². The fourth-order valence-corrected chi connectivity index (χ4v) is 2.13. The summed E-state index contributed by atoms with van der Waals surface area (Å²) in [5, 5.41) is 0. The van der Waals surface area contributed by atoms with Crippen LogP contribution >= 0.6 is 0 Å². The summed E-state index contributed by atoms with van der Waals surface area (Å²) in [6.07, 6.45) is 6.85. The third-order valence-electron chi connectivity index (χ3n) is 3.51. The van der Waals surface area contributed by atoms with Crippen molar-refractivity contribution < 1.29 is 9.53 Å². The molecule has 1 saturated carbocycles. The normalized spacial score (nSPS) is 25.1. The molecule has 16 heavy (non-hydrogen) atoms. The molecule has 1 heterocycles. The van der Waals surface area contributed by atoms with E-state index in [9.17, 15) is 4.79 Å². The molecule has 1 atom stereocenters. The highest BCUT2D eigenvalue weighted by molar-refractivity contribution is 5.76. The molecule has 3 heteroatoms. The Kier molecular flexibility index (Phi) is 4.22. The third-order valence-corrected chi connectivity index (χ3v) is 3.51. The standard InChI is InChI=1S/C13H23NO2/c1-2-3-4-13(15)14-8-7-12(9-14)16-10-11-5-6-11/h11-12H,2-10H2,1H3. The van der Waals surface area contributed by atoms with E-state index in [1.54, 1.807) is 0 Å². The average Bonchev–Trinajstić information content (AvgIpc) is 3.00.